The lowest BCUT2D eigenvalue weighted by atomic mass is 10.2. The van der Waals surface area contributed by atoms with E-state index < -0.39 is 20.9 Å². The number of hydroxylamine groups is 1. The number of hydrogen-bond acceptors (Lipinski definition) is 7. The first-order valence-electron chi connectivity index (χ1n) is 9.03. The molecule has 2 aromatic rings. The standard InChI is InChI=1S/C19H20N4O6S/c24-19(20-25)10-3-15-1-8-18(9-2-15)30(28,29)22-13-11-21(12-14-22)16-4-6-17(7-5-16)23(26)27/h1-10,25H,11-14H2,(H,20,24)/b10-3+. The van der Waals surface area contributed by atoms with E-state index in [-0.39, 0.29) is 23.7 Å². The van der Waals surface area contributed by atoms with Crippen LogP contribution in [0.1, 0.15) is 5.56 Å². The van der Waals surface area contributed by atoms with Gasteiger partial charge >= 0.3 is 0 Å². The molecular weight excluding hydrogens is 412 g/mol. The molecular formula is C19H20N4O6S. The van der Waals surface area contributed by atoms with Crippen molar-refractivity contribution < 1.29 is 23.3 Å². The molecule has 1 heterocycles. The molecule has 0 aromatic heterocycles. The third kappa shape index (κ3) is 4.82. The lowest BCUT2D eigenvalue weighted by Gasteiger charge is -2.35. The Bertz CT molecular complexity index is 1040. The van der Waals surface area contributed by atoms with Gasteiger partial charge in [0.15, 0.2) is 0 Å². The van der Waals surface area contributed by atoms with Crippen molar-refractivity contribution in [2.24, 2.45) is 0 Å². The first-order chi connectivity index (χ1) is 14.3. The zero-order chi connectivity index (χ0) is 21.7. The van der Waals surface area contributed by atoms with E-state index in [1.165, 1.54) is 40.1 Å². The van der Waals surface area contributed by atoms with Crippen molar-refractivity contribution >= 4 is 33.4 Å². The molecule has 1 saturated heterocycles. The average Bonchev–Trinajstić information content (AvgIpc) is 2.78. The Labute approximate surface area is 173 Å². The maximum atomic E-state index is 12.9. The van der Waals surface area contributed by atoms with Crippen LogP contribution in [0.5, 0.6) is 0 Å². The van der Waals surface area contributed by atoms with Crippen LogP contribution in [-0.4, -0.2) is 54.9 Å². The second-order valence-corrected chi connectivity index (χ2v) is 8.48. The van der Waals surface area contributed by atoms with E-state index in [0.29, 0.717) is 18.7 Å². The van der Waals surface area contributed by atoms with Gasteiger partial charge in [0.2, 0.25) is 10.0 Å². The minimum Gasteiger partial charge on any atom is -0.369 e. The number of nitrogens with zero attached hydrogens (tertiary/aromatic N) is 3. The van der Waals surface area contributed by atoms with Crippen LogP contribution in [0.25, 0.3) is 6.08 Å². The molecule has 3 rings (SSSR count). The van der Waals surface area contributed by atoms with Crippen molar-refractivity contribution in [1.29, 1.82) is 0 Å². The number of rotatable bonds is 6. The zero-order valence-electron chi connectivity index (χ0n) is 15.8. The van der Waals surface area contributed by atoms with Crippen LogP contribution in [0.2, 0.25) is 0 Å². The summed E-state index contributed by atoms with van der Waals surface area (Å²) in [5, 5.41) is 19.2. The molecule has 1 aliphatic rings. The number of piperazine rings is 1. The summed E-state index contributed by atoms with van der Waals surface area (Å²) in [6.45, 7) is 1.51. The van der Waals surface area contributed by atoms with E-state index in [0.717, 1.165) is 11.8 Å². The Hall–Kier alpha value is -3.28. The molecule has 1 amide bonds. The number of nitro groups is 1. The number of carbonyl (C=O) groups is 1. The average molecular weight is 432 g/mol. The maximum Gasteiger partial charge on any atom is 0.269 e. The smallest absolute Gasteiger partial charge is 0.269 e. The first-order valence-corrected chi connectivity index (χ1v) is 10.5. The third-order valence-corrected chi connectivity index (χ3v) is 6.63. The molecule has 2 N–H and O–H groups in total. The van der Waals surface area contributed by atoms with Crippen LogP contribution >= 0.6 is 0 Å². The summed E-state index contributed by atoms with van der Waals surface area (Å²) >= 11 is 0. The van der Waals surface area contributed by atoms with E-state index in [2.05, 4.69) is 0 Å². The minimum atomic E-state index is -3.66. The molecule has 30 heavy (non-hydrogen) atoms. The highest BCUT2D eigenvalue weighted by atomic mass is 32.2. The summed E-state index contributed by atoms with van der Waals surface area (Å²) in [5.74, 6) is -0.683. The molecule has 0 saturated carbocycles. The summed E-state index contributed by atoms with van der Waals surface area (Å²) in [7, 11) is -3.66. The van der Waals surface area contributed by atoms with Gasteiger partial charge < -0.3 is 4.90 Å². The highest BCUT2D eigenvalue weighted by Crippen LogP contribution is 2.23. The number of nitrogens with one attached hydrogen (secondary N) is 1. The second-order valence-electron chi connectivity index (χ2n) is 6.54. The molecule has 11 heteroatoms. The number of anilines is 1. The summed E-state index contributed by atoms with van der Waals surface area (Å²) in [6, 6.07) is 12.2. The molecule has 1 fully saturated rings. The molecule has 2 aromatic carbocycles. The number of non-ortho nitro benzene ring substituents is 1. The SMILES string of the molecule is O=C(/C=C/c1ccc(S(=O)(=O)N2CCN(c3ccc([N+](=O)[O-])cc3)CC2)cc1)NO. The molecule has 0 bridgehead atoms. The van der Waals surface area contributed by atoms with Crippen LogP contribution in [-0.2, 0) is 14.8 Å². The molecule has 1 aliphatic heterocycles. The molecule has 10 nitrogen and oxygen atoms in total. The van der Waals surface area contributed by atoms with Crippen molar-refractivity contribution in [3.8, 4) is 0 Å². The number of benzene rings is 2. The van der Waals surface area contributed by atoms with Gasteiger partial charge in [-0.05, 0) is 35.9 Å². The summed E-state index contributed by atoms with van der Waals surface area (Å²) in [6.07, 6.45) is 2.58. The normalized spacial score (nSPS) is 15.3. The number of carbonyl (C=O) groups excluding carboxylic acids is 1. The van der Waals surface area contributed by atoms with Gasteiger partial charge in [-0.15, -0.1) is 0 Å². The highest BCUT2D eigenvalue weighted by molar-refractivity contribution is 7.89. The van der Waals surface area contributed by atoms with Crippen molar-refractivity contribution in [3.63, 3.8) is 0 Å². The van der Waals surface area contributed by atoms with Crippen molar-refractivity contribution in [2.45, 2.75) is 4.90 Å². The van der Waals surface area contributed by atoms with Gasteiger partial charge in [-0.3, -0.25) is 20.1 Å². The van der Waals surface area contributed by atoms with Gasteiger partial charge in [0, 0.05) is 50.1 Å². The Balaban J connectivity index is 1.64. The van der Waals surface area contributed by atoms with Gasteiger partial charge in [0.25, 0.3) is 11.6 Å². The predicted molar refractivity (Wildman–Crippen MR) is 109 cm³/mol. The lowest BCUT2D eigenvalue weighted by Crippen LogP contribution is -2.48. The van der Waals surface area contributed by atoms with Crippen molar-refractivity contribution in [1.82, 2.24) is 9.79 Å². The minimum absolute atomic E-state index is 0.00949. The lowest BCUT2D eigenvalue weighted by molar-refractivity contribution is -0.384. The van der Waals surface area contributed by atoms with E-state index in [1.54, 1.807) is 24.3 Å². The fourth-order valence-corrected chi connectivity index (χ4v) is 4.50. The van der Waals surface area contributed by atoms with E-state index in [9.17, 15) is 23.3 Å². The van der Waals surface area contributed by atoms with E-state index >= 15 is 0 Å². The van der Waals surface area contributed by atoms with Crippen LogP contribution in [0.3, 0.4) is 0 Å². The van der Waals surface area contributed by atoms with Gasteiger partial charge in [-0.25, -0.2) is 13.9 Å². The Kier molecular flexibility index (Phi) is 6.45. The number of nitro benzene ring substituents is 1. The first kappa shape index (κ1) is 21.4. The topological polar surface area (TPSA) is 133 Å². The number of sulfonamides is 1. The fraction of sp³-hybridized carbons (Fsp3) is 0.211. The molecule has 0 spiro atoms. The van der Waals surface area contributed by atoms with Crippen LogP contribution < -0.4 is 10.4 Å². The van der Waals surface area contributed by atoms with Crippen LogP contribution in [0.4, 0.5) is 11.4 Å². The Morgan fingerprint density at radius 1 is 1.03 bits per heavy atom. The van der Waals surface area contributed by atoms with E-state index in [1.807, 2.05) is 4.90 Å². The highest BCUT2D eigenvalue weighted by Gasteiger charge is 2.28. The number of hydrogen-bond donors (Lipinski definition) is 2. The summed E-state index contributed by atoms with van der Waals surface area (Å²) < 4.78 is 27.2. The van der Waals surface area contributed by atoms with Gasteiger partial charge in [0.1, 0.15) is 0 Å². The summed E-state index contributed by atoms with van der Waals surface area (Å²) in [4.78, 5) is 23.4. The second kappa shape index (κ2) is 9.03. The van der Waals surface area contributed by atoms with Gasteiger partial charge in [0.05, 0.1) is 9.82 Å². The van der Waals surface area contributed by atoms with E-state index in [4.69, 9.17) is 5.21 Å². The Morgan fingerprint density at radius 2 is 1.63 bits per heavy atom. The predicted octanol–water partition coefficient (Wildman–Crippen LogP) is 1.62. The molecule has 0 atom stereocenters. The molecule has 0 aliphatic carbocycles. The maximum absolute atomic E-state index is 12.9. The van der Waals surface area contributed by atoms with Crippen molar-refractivity contribution in [3.05, 3.63) is 70.3 Å². The zero-order valence-corrected chi connectivity index (χ0v) is 16.7. The largest absolute Gasteiger partial charge is 0.369 e. The van der Waals surface area contributed by atoms with Gasteiger partial charge in [-0.2, -0.15) is 4.31 Å². The third-order valence-electron chi connectivity index (χ3n) is 4.72. The van der Waals surface area contributed by atoms with Crippen LogP contribution in [0.15, 0.2) is 59.5 Å². The van der Waals surface area contributed by atoms with Gasteiger partial charge in [-0.1, -0.05) is 12.1 Å². The van der Waals surface area contributed by atoms with Crippen LogP contribution in [0, 0.1) is 10.1 Å². The number of amides is 1. The quantitative estimate of drug-likeness (QED) is 0.307. The fourth-order valence-electron chi connectivity index (χ4n) is 3.08. The molecule has 0 radical (unpaired) electrons. The van der Waals surface area contributed by atoms with Crippen molar-refractivity contribution in [2.75, 3.05) is 31.1 Å². The summed E-state index contributed by atoms with van der Waals surface area (Å²) in [5.41, 5.74) is 2.90. The Morgan fingerprint density at radius 3 is 2.17 bits per heavy atom. The molecule has 158 valence electrons. The molecule has 0 unspecified atom stereocenters. The monoisotopic (exact) mass is 432 g/mol.